The van der Waals surface area contributed by atoms with Gasteiger partial charge < -0.3 is 26.0 Å². The van der Waals surface area contributed by atoms with Crippen LogP contribution in [0.3, 0.4) is 0 Å². The number of hydrogen-bond donors (Lipinski definition) is 3. The lowest BCUT2D eigenvalue weighted by Crippen LogP contribution is -2.53. The molecule has 4 N–H and O–H groups in total. The minimum atomic E-state index is -1.46. The standard InChI is InChI=1S/C27H33N5O5/c1-17-10-9-11-18(2)22(17)31-24(34)23(19-12-7-6-8-13-19)32(15-14-28)25(35)20(16-21(29)33)30-26(36)37-27(3,4)5/h6-13,20,23H,15-16H2,1-5H3,(H2,29,33)(H,30,36)(H,31,34). The van der Waals surface area contributed by atoms with Crippen LogP contribution >= 0.6 is 0 Å². The van der Waals surface area contributed by atoms with Crippen molar-refractivity contribution in [3.05, 3.63) is 65.2 Å². The van der Waals surface area contributed by atoms with E-state index in [0.29, 0.717) is 11.3 Å². The predicted molar refractivity (Wildman–Crippen MR) is 138 cm³/mol. The first-order chi connectivity index (χ1) is 17.3. The predicted octanol–water partition coefficient (Wildman–Crippen LogP) is 3.10. The van der Waals surface area contributed by atoms with Gasteiger partial charge in [0.25, 0.3) is 5.91 Å². The van der Waals surface area contributed by atoms with E-state index >= 15 is 0 Å². The third kappa shape index (κ3) is 8.35. The maximum Gasteiger partial charge on any atom is 0.408 e. The SMILES string of the molecule is Cc1cccc(C)c1NC(=O)C(c1ccccc1)N(CC#N)C(=O)C(CC(N)=O)NC(=O)OC(C)(C)C. The summed E-state index contributed by atoms with van der Waals surface area (Å²) in [7, 11) is 0. The Kier molecular flexibility index (Phi) is 9.77. The van der Waals surface area contributed by atoms with E-state index in [-0.39, 0.29) is 0 Å². The number of ether oxygens (including phenoxy) is 1. The molecular formula is C27H33N5O5. The van der Waals surface area contributed by atoms with Crippen LogP contribution in [-0.4, -0.2) is 46.9 Å². The molecule has 2 rings (SSSR count). The molecule has 0 fully saturated rings. The van der Waals surface area contributed by atoms with E-state index in [1.807, 2.05) is 38.1 Å². The summed E-state index contributed by atoms with van der Waals surface area (Å²) in [6.07, 6.45) is -1.50. The second-order valence-corrected chi connectivity index (χ2v) is 9.56. The average molecular weight is 508 g/mol. The molecule has 0 saturated carbocycles. The third-order valence-electron chi connectivity index (χ3n) is 5.32. The van der Waals surface area contributed by atoms with Gasteiger partial charge in [-0.1, -0.05) is 48.5 Å². The van der Waals surface area contributed by atoms with E-state index in [4.69, 9.17) is 10.5 Å². The van der Waals surface area contributed by atoms with Crippen LogP contribution in [0.2, 0.25) is 0 Å². The van der Waals surface area contributed by atoms with Gasteiger partial charge in [0.15, 0.2) is 0 Å². The normalized spacial score (nSPS) is 12.4. The number of nitriles is 1. The topological polar surface area (TPSA) is 155 Å². The molecule has 0 radical (unpaired) electrons. The van der Waals surface area contributed by atoms with Crippen LogP contribution in [0.1, 0.15) is 49.9 Å². The van der Waals surface area contributed by atoms with Gasteiger partial charge >= 0.3 is 6.09 Å². The lowest BCUT2D eigenvalue weighted by atomic mass is 10.0. The zero-order chi connectivity index (χ0) is 27.8. The van der Waals surface area contributed by atoms with Crippen LogP contribution in [0.5, 0.6) is 0 Å². The van der Waals surface area contributed by atoms with Gasteiger partial charge in [0.2, 0.25) is 11.8 Å². The molecule has 0 saturated heterocycles. The number of para-hydroxylation sites is 1. The van der Waals surface area contributed by atoms with Gasteiger partial charge in [0, 0.05) is 5.69 Å². The van der Waals surface area contributed by atoms with Crippen LogP contribution in [-0.2, 0) is 19.1 Å². The van der Waals surface area contributed by atoms with Gasteiger partial charge in [0.05, 0.1) is 12.5 Å². The molecule has 2 unspecified atom stereocenters. The molecule has 0 aromatic heterocycles. The molecule has 0 heterocycles. The highest BCUT2D eigenvalue weighted by molar-refractivity contribution is 6.00. The molecule has 0 aliphatic heterocycles. The first-order valence-electron chi connectivity index (χ1n) is 11.7. The number of carbonyl (C=O) groups excluding carboxylic acids is 4. The van der Waals surface area contributed by atoms with Crippen LogP contribution < -0.4 is 16.4 Å². The second kappa shape index (κ2) is 12.5. The minimum absolute atomic E-state index is 0.435. The first-order valence-corrected chi connectivity index (χ1v) is 11.7. The lowest BCUT2D eigenvalue weighted by molar-refractivity contribution is -0.141. The van der Waals surface area contributed by atoms with Crippen LogP contribution in [0.15, 0.2) is 48.5 Å². The Morgan fingerprint density at radius 2 is 1.62 bits per heavy atom. The summed E-state index contributed by atoms with van der Waals surface area (Å²) in [6.45, 7) is 8.11. The first kappa shape index (κ1) is 28.8. The van der Waals surface area contributed by atoms with Crippen molar-refractivity contribution in [3.63, 3.8) is 0 Å². The quantitative estimate of drug-likeness (QED) is 0.443. The average Bonchev–Trinajstić information content (AvgIpc) is 2.79. The number of amides is 4. The molecule has 10 nitrogen and oxygen atoms in total. The number of hydrogen-bond acceptors (Lipinski definition) is 6. The van der Waals surface area contributed by atoms with E-state index in [2.05, 4.69) is 10.6 Å². The number of carbonyl (C=O) groups is 4. The van der Waals surface area contributed by atoms with E-state index < -0.39 is 54.5 Å². The van der Waals surface area contributed by atoms with Gasteiger partial charge in [-0.15, -0.1) is 0 Å². The van der Waals surface area contributed by atoms with Crippen molar-refractivity contribution in [1.29, 1.82) is 5.26 Å². The van der Waals surface area contributed by atoms with Gasteiger partial charge in [-0.2, -0.15) is 5.26 Å². The van der Waals surface area contributed by atoms with E-state index in [0.717, 1.165) is 16.0 Å². The number of nitrogens with one attached hydrogen (secondary N) is 2. The summed E-state index contributed by atoms with van der Waals surface area (Å²) >= 11 is 0. The summed E-state index contributed by atoms with van der Waals surface area (Å²) in [5.41, 5.74) is 7.13. The Labute approximate surface area is 216 Å². The summed E-state index contributed by atoms with van der Waals surface area (Å²) in [6, 6.07) is 13.2. The van der Waals surface area contributed by atoms with Crippen LogP contribution in [0, 0.1) is 25.2 Å². The maximum absolute atomic E-state index is 13.7. The molecule has 0 aliphatic carbocycles. The monoisotopic (exact) mass is 507 g/mol. The largest absolute Gasteiger partial charge is 0.444 e. The number of aryl methyl sites for hydroxylation is 2. The van der Waals surface area contributed by atoms with E-state index in [1.165, 1.54) is 0 Å². The number of alkyl carbamates (subject to hydrolysis) is 1. The molecule has 0 bridgehead atoms. The molecule has 196 valence electrons. The molecule has 2 aromatic rings. The Bertz CT molecular complexity index is 1160. The van der Waals surface area contributed by atoms with Gasteiger partial charge in [-0.3, -0.25) is 14.4 Å². The van der Waals surface area contributed by atoms with Crippen molar-refractivity contribution in [3.8, 4) is 6.07 Å². The fraction of sp³-hybridized carbons (Fsp3) is 0.370. The molecule has 2 atom stereocenters. The molecule has 0 aliphatic rings. The summed E-state index contributed by atoms with van der Waals surface area (Å²) in [5, 5.41) is 14.8. The third-order valence-corrected chi connectivity index (χ3v) is 5.32. The van der Waals surface area contributed by atoms with Gasteiger partial charge in [0.1, 0.15) is 24.2 Å². The Hall–Kier alpha value is -4.39. The molecule has 37 heavy (non-hydrogen) atoms. The summed E-state index contributed by atoms with van der Waals surface area (Å²) in [5.74, 6) is -2.26. The Balaban J connectivity index is 2.51. The number of nitrogens with two attached hydrogens (primary N) is 1. The number of rotatable bonds is 9. The van der Waals surface area contributed by atoms with Crippen molar-refractivity contribution in [2.24, 2.45) is 5.73 Å². The fourth-order valence-corrected chi connectivity index (χ4v) is 3.74. The zero-order valence-electron chi connectivity index (χ0n) is 21.7. The Morgan fingerprint density at radius 1 is 1.03 bits per heavy atom. The smallest absolute Gasteiger partial charge is 0.408 e. The lowest BCUT2D eigenvalue weighted by Gasteiger charge is -2.33. The van der Waals surface area contributed by atoms with Gasteiger partial charge in [-0.25, -0.2) is 4.79 Å². The zero-order valence-corrected chi connectivity index (χ0v) is 21.7. The molecule has 2 aromatic carbocycles. The Morgan fingerprint density at radius 3 is 2.14 bits per heavy atom. The minimum Gasteiger partial charge on any atom is -0.444 e. The van der Waals surface area contributed by atoms with Crippen molar-refractivity contribution >= 4 is 29.5 Å². The summed E-state index contributed by atoms with van der Waals surface area (Å²) < 4.78 is 5.22. The van der Waals surface area contributed by atoms with Crippen molar-refractivity contribution < 1.29 is 23.9 Å². The van der Waals surface area contributed by atoms with Gasteiger partial charge in [-0.05, 0) is 51.3 Å². The van der Waals surface area contributed by atoms with Crippen LogP contribution in [0.4, 0.5) is 10.5 Å². The summed E-state index contributed by atoms with van der Waals surface area (Å²) in [4.78, 5) is 52.6. The fourth-order valence-electron chi connectivity index (χ4n) is 3.74. The van der Waals surface area contributed by atoms with Crippen molar-refractivity contribution in [2.75, 3.05) is 11.9 Å². The van der Waals surface area contributed by atoms with Crippen molar-refractivity contribution in [1.82, 2.24) is 10.2 Å². The number of benzene rings is 2. The van der Waals surface area contributed by atoms with Crippen LogP contribution in [0.25, 0.3) is 0 Å². The molecule has 4 amide bonds. The maximum atomic E-state index is 13.7. The highest BCUT2D eigenvalue weighted by Crippen LogP contribution is 2.27. The molecule has 10 heteroatoms. The number of nitrogens with zero attached hydrogens (tertiary/aromatic N) is 2. The molecule has 0 spiro atoms. The van der Waals surface area contributed by atoms with E-state index in [1.54, 1.807) is 51.1 Å². The van der Waals surface area contributed by atoms with Crippen molar-refractivity contribution in [2.45, 2.75) is 58.7 Å². The highest BCUT2D eigenvalue weighted by atomic mass is 16.6. The van der Waals surface area contributed by atoms with E-state index in [9.17, 15) is 24.4 Å². The number of primary amides is 1. The molecular weight excluding hydrogens is 474 g/mol. The number of anilines is 1. The highest BCUT2D eigenvalue weighted by Gasteiger charge is 2.37. The second-order valence-electron chi connectivity index (χ2n) is 9.56.